The topological polar surface area (TPSA) is 93.4 Å². The van der Waals surface area contributed by atoms with Gasteiger partial charge in [-0.3, -0.25) is 14.0 Å². The summed E-state index contributed by atoms with van der Waals surface area (Å²) in [5.41, 5.74) is 7.98. The lowest BCUT2D eigenvalue weighted by atomic mass is 9.94. The minimum absolute atomic E-state index is 0.151. The molecule has 2 aliphatic carbocycles. The van der Waals surface area contributed by atoms with Crippen molar-refractivity contribution in [1.29, 1.82) is 0 Å². The lowest BCUT2D eigenvalue weighted by Gasteiger charge is -2.24. The molecule has 3 N–H and O–H groups in total. The number of carbonyl (C=O) groups is 1. The van der Waals surface area contributed by atoms with Crippen molar-refractivity contribution < 1.29 is 9.36 Å². The van der Waals surface area contributed by atoms with E-state index in [9.17, 15) is 9.59 Å². The number of nitrogens with one attached hydrogen (secondary N) is 1. The summed E-state index contributed by atoms with van der Waals surface area (Å²) in [6, 6.07) is 7.48. The fraction of sp³-hybridized carbons (Fsp3) is 0.478. The molecule has 2 saturated carbocycles. The molecular formula is C23H28N5O2+. The van der Waals surface area contributed by atoms with E-state index in [1.54, 1.807) is 12.3 Å². The molecule has 0 aromatic carbocycles. The van der Waals surface area contributed by atoms with Gasteiger partial charge >= 0.3 is 0 Å². The Labute approximate surface area is 174 Å². The molecule has 2 fully saturated rings. The molecule has 3 heterocycles. The maximum Gasteiger partial charge on any atom is 0.278 e. The average Bonchev–Trinajstić information content (AvgIpc) is 3.27. The SMILES string of the molecule is Nc1c(C(=O)NC2CCCC2)cc2c(=O)n3ccccc3nc2[n+]1C1CCCCC1. The van der Waals surface area contributed by atoms with Gasteiger partial charge in [0.25, 0.3) is 17.1 Å². The van der Waals surface area contributed by atoms with Crippen molar-refractivity contribution in [2.45, 2.75) is 69.9 Å². The van der Waals surface area contributed by atoms with Crippen molar-refractivity contribution in [3.05, 3.63) is 46.4 Å². The Bertz CT molecular complexity index is 1170. The van der Waals surface area contributed by atoms with Crippen LogP contribution in [0, 0.1) is 0 Å². The Morgan fingerprint density at radius 3 is 2.60 bits per heavy atom. The highest BCUT2D eigenvalue weighted by Crippen LogP contribution is 2.27. The first kappa shape index (κ1) is 19.0. The van der Waals surface area contributed by atoms with Gasteiger partial charge in [0, 0.05) is 12.2 Å². The van der Waals surface area contributed by atoms with E-state index in [4.69, 9.17) is 10.7 Å². The van der Waals surface area contributed by atoms with Crippen LogP contribution in [0.4, 0.5) is 5.82 Å². The van der Waals surface area contributed by atoms with Crippen LogP contribution in [0.2, 0.25) is 0 Å². The maximum atomic E-state index is 13.3. The second-order valence-corrected chi connectivity index (χ2v) is 8.64. The zero-order chi connectivity index (χ0) is 20.7. The largest absolute Gasteiger partial charge is 0.349 e. The van der Waals surface area contributed by atoms with E-state index in [0.717, 1.165) is 51.4 Å². The molecule has 0 saturated heterocycles. The Morgan fingerprint density at radius 1 is 1.10 bits per heavy atom. The molecule has 0 radical (unpaired) electrons. The molecule has 0 bridgehead atoms. The summed E-state index contributed by atoms with van der Waals surface area (Å²) in [6.07, 6.45) is 11.4. The highest BCUT2D eigenvalue weighted by Gasteiger charge is 2.30. The van der Waals surface area contributed by atoms with E-state index in [-0.39, 0.29) is 23.6 Å². The van der Waals surface area contributed by atoms with Crippen molar-refractivity contribution in [2.75, 3.05) is 5.73 Å². The van der Waals surface area contributed by atoms with Crippen LogP contribution in [0.5, 0.6) is 0 Å². The van der Waals surface area contributed by atoms with Gasteiger partial charge < -0.3 is 11.1 Å². The lowest BCUT2D eigenvalue weighted by Crippen LogP contribution is -2.47. The van der Waals surface area contributed by atoms with Crippen molar-refractivity contribution in [3.63, 3.8) is 0 Å². The van der Waals surface area contributed by atoms with Gasteiger partial charge in [0.15, 0.2) is 0 Å². The number of fused-ring (bicyclic) bond motifs is 2. The molecule has 5 rings (SSSR count). The molecule has 0 aliphatic heterocycles. The number of aromatic nitrogens is 3. The van der Waals surface area contributed by atoms with Gasteiger partial charge in [-0.25, -0.2) is 4.57 Å². The molecule has 7 heteroatoms. The molecule has 0 spiro atoms. The standard InChI is InChI=1S/C23H27N5O2/c24-20-17(22(29)25-15-8-4-5-9-15)14-18-21(28(20)16-10-2-1-3-11-16)26-19-12-6-7-13-27(19)23(18)30/h6-7,12-16,24H,1-5,8-11H2,(H,25,29)/p+1. The van der Waals surface area contributed by atoms with Crippen molar-refractivity contribution in [2.24, 2.45) is 0 Å². The minimum Gasteiger partial charge on any atom is -0.349 e. The summed E-state index contributed by atoms with van der Waals surface area (Å²) in [6.45, 7) is 0. The second-order valence-electron chi connectivity index (χ2n) is 8.64. The number of nitrogen functional groups attached to an aromatic ring is 1. The monoisotopic (exact) mass is 406 g/mol. The highest BCUT2D eigenvalue weighted by atomic mass is 16.2. The van der Waals surface area contributed by atoms with Crippen LogP contribution < -0.4 is 21.2 Å². The van der Waals surface area contributed by atoms with Crippen molar-refractivity contribution in [3.8, 4) is 0 Å². The van der Waals surface area contributed by atoms with Gasteiger partial charge in [-0.05, 0) is 56.7 Å². The van der Waals surface area contributed by atoms with Crippen LogP contribution in [0.15, 0.2) is 35.3 Å². The predicted molar refractivity (Wildman–Crippen MR) is 115 cm³/mol. The van der Waals surface area contributed by atoms with Gasteiger partial charge in [-0.15, -0.1) is 0 Å². The number of nitrogens with two attached hydrogens (primary N) is 1. The first-order chi connectivity index (χ1) is 14.6. The number of rotatable bonds is 3. The predicted octanol–water partition coefficient (Wildman–Crippen LogP) is 2.90. The molecule has 2 aliphatic rings. The zero-order valence-electron chi connectivity index (χ0n) is 17.1. The van der Waals surface area contributed by atoms with Gasteiger partial charge in [-0.2, -0.15) is 0 Å². The fourth-order valence-electron chi connectivity index (χ4n) is 5.09. The van der Waals surface area contributed by atoms with Gasteiger partial charge in [-0.1, -0.05) is 30.3 Å². The lowest BCUT2D eigenvalue weighted by molar-refractivity contribution is -0.689. The molecule has 3 aromatic rings. The summed E-state index contributed by atoms with van der Waals surface area (Å²) in [4.78, 5) is 31.2. The normalized spacial score (nSPS) is 18.3. The second kappa shape index (κ2) is 7.70. The smallest absolute Gasteiger partial charge is 0.278 e. The molecule has 0 atom stereocenters. The van der Waals surface area contributed by atoms with Crippen LogP contribution in [-0.4, -0.2) is 21.3 Å². The van der Waals surface area contributed by atoms with Crippen LogP contribution in [0.1, 0.15) is 74.2 Å². The number of hydrogen-bond acceptors (Lipinski definition) is 4. The summed E-state index contributed by atoms with van der Waals surface area (Å²) in [7, 11) is 0. The third-order valence-corrected chi connectivity index (χ3v) is 6.68. The van der Waals surface area contributed by atoms with Crippen LogP contribution in [-0.2, 0) is 0 Å². The van der Waals surface area contributed by atoms with Crippen LogP contribution in [0.25, 0.3) is 16.7 Å². The Hall–Kier alpha value is -2.96. The third kappa shape index (κ3) is 3.22. The van der Waals surface area contributed by atoms with E-state index in [1.165, 1.54) is 10.8 Å². The summed E-state index contributed by atoms with van der Waals surface area (Å²) >= 11 is 0. The van der Waals surface area contributed by atoms with E-state index in [1.807, 2.05) is 22.8 Å². The van der Waals surface area contributed by atoms with E-state index in [0.29, 0.717) is 28.1 Å². The van der Waals surface area contributed by atoms with Gasteiger partial charge in [0.05, 0.1) is 6.04 Å². The summed E-state index contributed by atoms with van der Waals surface area (Å²) in [5, 5.41) is 3.57. The first-order valence-corrected chi connectivity index (χ1v) is 11.1. The van der Waals surface area contributed by atoms with E-state index in [2.05, 4.69) is 5.32 Å². The number of hydrogen-bond donors (Lipinski definition) is 2. The van der Waals surface area contributed by atoms with Crippen LogP contribution >= 0.6 is 0 Å². The molecule has 7 nitrogen and oxygen atoms in total. The number of nitrogens with zero attached hydrogens (tertiary/aromatic N) is 3. The fourth-order valence-corrected chi connectivity index (χ4v) is 5.09. The highest BCUT2D eigenvalue weighted by molar-refractivity contribution is 6.00. The molecular weight excluding hydrogens is 378 g/mol. The van der Waals surface area contributed by atoms with Crippen LogP contribution in [0.3, 0.4) is 0 Å². The maximum absolute atomic E-state index is 13.3. The number of amides is 1. The summed E-state index contributed by atoms with van der Waals surface area (Å²) < 4.78 is 3.49. The molecule has 0 unspecified atom stereocenters. The summed E-state index contributed by atoms with van der Waals surface area (Å²) in [5.74, 6) is 0.223. The quantitative estimate of drug-likeness (QED) is 0.517. The van der Waals surface area contributed by atoms with Crippen molar-refractivity contribution >= 4 is 28.4 Å². The van der Waals surface area contributed by atoms with Gasteiger partial charge in [0.1, 0.15) is 10.9 Å². The van der Waals surface area contributed by atoms with Gasteiger partial charge in [0.2, 0.25) is 11.5 Å². The Kier molecular flexibility index (Phi) is 4.89. The number of carbonyl (C=O) groups excluding carboxylic acids is 1. The third-order valence-electron chi connectivity index (χ3n) is 6.68. The molecule has 30 heavy (non-hydrogen) atoms. The van der Waals surface area contributed by atoms with E-state index < -0.39 is 0 Å². The van der Waals surface area contributed by atoms with E-state index >= 15 is 0 Å². The molecule has 156 valence electrons. The Morgan fingerprint density at radius 2 is 1.83 bits per heavy atom. The Balaban J connectivity index is 1.73. The minimum atomic E-state index is -0.191. The first-order valence-electron chi connectivity index (χ1n) is 11.1. The zero-order valence-corrected chi connectivity index (χ0v) is 17.1. The molecule has 1 amide bonds. The molecule has 3 aromatic heterocycles. The number of pyridine rings is 2. The average molecular weight is 407 g/mol. The van der Waals surface area contributed by atoms with Crippen molar-refractivity contribution in [1.82, 2.24) is 14.7 Å². The number of anilines is 1.